The highest BCUT2D eigenvalue weighted by Gasteiger charge is 2.26. The lowest BCUT2D eigenvalue weighted by Crippen LogP contribution is -2.19. The monoisotopic (exact) mass is 296 g/mol. The number of aryl methyl sites for hydroxylation is 1. The first kappa shape index (κ1) is 16.6. The van der Waals surface area contributed by atoms with E-state index in [0.29, 0.717) is 0 Å². The Kier molecular flexibility index (Phi) is 5.28. The van der Waals surface area contributed by atoms with Gasteiger partial charge in [0.05, 0.1) is 6.26 Å². The first-order valence-electron chi connectivity index (χ1n) is 8.17. The molecule has 118 valence electrons. The van der Waals surface area contributed by atoms with Crippen molar-refractivity contribution in [2.75, 3.05) is 0 Å². The summed E-state index contributed by atoms with van der Waals surface area (Å²) in [6, 6.07) is 8.12. The summed E-state index contributed by atoms with van der Waals surface area (Å²) in [7, 11) is 0. The molecule has 2 rings (SSSR count). The highest BCUT2D eigenvalue weighted by Crippen LogP contribution is 2.40. The maximum absolute atomic E-state index is 5.71. The van der Waals surface area contributed by atoms with Gasteiger partial charge in [-0.1, -0.05) is 49.3 Å². The first-order valence-corrected chi connectivity index (χ1v) is 8.17. The number of allylic oxidation sites excluding steroid dienone is 5. The summed E-state index contributed by atoms with van der Waals surface area (Å²) in [5, 5.41) is 0. The summed E-state index contributed by atoms with van der Waals surface area (Å²) in [4.78, 5) is 0. The minimum Gasteiger partial charge on any atom is -0.465 e. The second kappa shape index (κ2) is 7.00. The molecule has 0 fully saturated rings. The zero-order chi connectivity index (χ0) is 16.2. The fraction of sp³-hybridized carbons (Fsp3) is 0.429. The van der Waals surface area contributed by atoms with Gasteiger partial charge in [-0.25, -0.2) is 0 Å². The molecule has 0 aliphatic heterocycles. The minimum atomic E-state index is 0.289. The molecule has 0 bridgehead atoms. The van der Waals surface area contributed by atoms with Crippen LogP contribution in [0.25, 0.3) is 0 Å². The molecule has 0 aromatic heterocycles. The average Bonchev–Trinajstić information content (AvgIpc) is 2.45. The van der Waals surface area contributed by atoms with Crippen LogP contribution in [0.4, 0.5) is 0 Å². The van der Waals surface area contributed by atoms with Crippen LogP contribution in [0.1, 0.15) is 52.5 Å². The molecule has 1 aromatic rings. The Morgan fingerprint density at radius 2 is 1.82 bits per heavy atom. The van der Waals surface area contributed by atoms with E-state index in [-0.39, 0.29) is 5.41 Å². The largest absolute Gasteiger partial charge is 0.465 e. The van der Waals surface area contributed by atoms with Gasteiger partial charge in [0, 0.05) is 0 Å². The van der Waals surface area contributed by atoms with Gasteiger partial charge < -0.3 is 4.74 Å². The highest BCUT2D eigenvalue weighted by molar-refractivity contribution is 5.36. The van der Waals surface area contributed by atoms with Crippen LogP contribution in [0.5, 0.6) is 5.75 Å². The molecule has 0 spiro atoms. The first-order chi connectivity index (χ1) is 10.4. The van der Waals surface area contributed by atoms with E-state index in [4.69, 9.17) is 4.74 Å². The van der Waals surface area contributed by atoms with Crippen molar-refractivity contribution >= 4 is 0 Å². The molecule has 0 N–H and O–H groups in total. The molecule has 0 unspecified atom stereocenters. The zero-order valence-electron chi connectivity index (χ0n) is 14.6. The zero-order valence-corrected chi connectivity index (χ0v) is 14.6. The lowest BCUT2D eigenvalue weighted by Gasteiger charge is -2.32. The molecule has 1 aromatic carbocycles. The van der Waals surface area contributed by atoms with E-state index in [0.717, 1.165) is 11.3 Å². The molecule has 1 nitrogen and oxygen atoms in total. The van der Waals surface area contributed by atoms with E-state index in [2.05, 4.69) is 58.9 Å². The van der Waals surface area contributed by atoms with Crippen LogP contribution in [0.3, 0.4) is 0 Å². The van der Waals surface area contributed by atoms with Crippen molar-refractivity contribution in [2.24, 2.45) is 5.41 Å². The van der Waals surface area contributed by atoms with Crippen molar-refractivity contribution in [1.29, 1.82) is 0 Å². The van der Waals surface area contributed by atoms with Crippen molar-refractivity contribution in [3.05, 3.63) is 65.0 Å². The van der Waals surface area contributed by atoms with Crippen LogP contribution in [-0.4, -0.2) is 0 Å². The second-order valence-corrected chi connectivity index (χ2v) is 7.06. The third-order valence-electron chi connectivity index (χ3n) is 4.46. The van der Waals surface area contributed by atoms with E-state index in [9.17, 15) is 0 Å². The smallest absolute Gasteiger partial charge is 0.126 e. The van der Waals surface area contributed by atoms with Gasteiger partial charge in [-0.05, 0) is 68.7 Å². The lowest BCUT2D eigenvalue weighted by molar-refractivity contribution is 0.376. The molecule has 1 heteroatoms. The van der Waals surface area contributed by atoms with Crippen LogP contribution in [0, 0.1) is 12.3 Å². The molecule has 0 amide bonds. The van der Waals surface area contributed by atoms with E-state index in [1.54, 1.807) is 0 Å². The Morgan fingerprint density at radius 1 is 1.14 bits per heavy atom. The van der Waals surface area contributed by atoms with Gasteiger partial charge in [0.15, 0.2) is 0 Å². The highest BCUT2D eigenvalue weighted by atomic mass is 16.5. The number of hydrogen-bond acceptors (Lipinski definition) is 1. The van der Waals surface area contributed by atoms with Gasteiger partial charge >= 0.3 is 0 Å². The summed E-state index contributed by atoms with van der Waals surface area (Å²) in [6.07, 6.45) is 10.1. The molecule has 1 aliphatic carbocycles. The maximum atomic E-state index is 5.71. The summed E-state index contributed by atoms with van der Waals surface area (Å²) in [5.74, 6) is 0.881. The fourth-order valence-corrected chi connectivity index (χ4v) is 3.04. The SMILES string of the molecule is CC1=C(/C=C/C(C)=C/Oc2ccc(C)cc2)C(C)(C)CCC1. The lowest BCUT2D eigenvalue weighted by atomic mass is 9.72. The van der Waals surface area contributed by atoms with Gasteiger partial charge in [-0.3, -0.25) is 0 Å². The molecule has 0 saturated carbocycles. The normalized spacial score (nSPS) is 18.9. The van der Waals surface area contributed by atoms with E-state index >= 15 is 0 Å². The van der Waals surface area contributed by atoms with Gasteiger partial charge in [-0.15, -0.1) is 0 Å². The Bertz CT molecular complexity index is 597. The molecule has 0 heterocycles. The Labute approximate surface area is 135 Å². The molecule has 1 aliphatic rings. The predicted octanol–water partition coefficient (Wildman–Crippen LogP) is 6.36. The number of ether oxygens (including phenoxy) is 1. The Balaban J connectivity index is 2.05. The van der Waals surface area contributed by atoms with Crippen molar-refractivity contribution in [1.82, 2.24) is 0 Å². The van der Waals surface area contributed by atoms with Crippen molar-refractivity contribution < 1.29 is 4.74 Å². The number of rotatable bonds is 4. The third kappa shape index (κ3) is 4.37. The molecule has 0 atom stereocenters. The van der Waals surface area contributed by atoms with E-state index < -0.39 is 0 Å². The van der Waals surface area contributed by atoms with Crippen molar-refractivity contribution in [2.45, 2.75) is 53.9 Å². The van der Waals surface area contributed by atoms with Crippen LogP contribution >= 0.6 is 0 Å². The average molecular weight is 296 g/mol. The fourth-order valence-electron chi connectivity index (χ4n) is 3.04. The van der Waals surface area contributed by atoms with Crippen molar-refractivity contribution in [3.8, 4) is 5.75 Å². The topological polar surface area (TPSA) is 9.23 Å². The molecular weight excluding hydrogens is 268 g/mol. The van der Waals surface area contributed by atoms with Gasteiger partial charge in [0.25, 0.3) is 0 Å². The second-order valence-electron chi connectivity index (χ2n) is 7.06. The molecule has 0 saturated heterocycles. The maximum Gasteiger partial charge on any atom is 0.126 e. The minimum absolute atomic E-state index is 0.289. The quantitative estimate of drug-likeness (QED) is 0.464. The summed E-state index contributed by atoms with van der Waals surface area (Å²) >= 11 is 0. The van der Waals surface area contributed by atoms with Gasteiger partial charge in [0.2, 0.25) is 0 Å². The van der Waals surface area contributed by atoms with Gasteiger partial charge in [0.1, 0.15) is 5.75 Å². The van der Waals surface area contributed by atoms with Crippen LogP contribution in [0.15, 0.2) is 59.4 Å². The van der Waals surface area contributed by atoms with Crippen LogP contribution < -0.4 is 4.74 Å². The number of benzene rings is 1. The summed E-state index contributed by atoms with van der Waals surface area (Å²) < 4.78 is 5.71. The molecule has 0 radical (unpaired) electrons. The van der Waals surface area contributed by atoms with E-state index in [1.165, 1.54) is 36.0 Å². The molecular formula is C21H28O. The number of hydrogen-bond donors (Lipinski definition) is 0. The Hall–Kier alpha value is -1.76. The van der Waals surface area contributed by atoms with Gasteiger partial charge in [-0.2, -0.15) is 0 Å². The van der Waals surface area contributed by atoms with Crippen LogP contribution in [-0.2, 0) is 0 Å². The summed E-state index contributed by atoms with van der Waals surface area (Å²) in [6.45, 7) is 11.1. The van der Waals surface area contributed by atoms with Crippen LogP contribution in [0.2, 0.25) is 0 Å². The van der Waals surface area contributed by atoms with E-state index in [1.807, 2.05) is 18.4 Å². The predicted molar refractivity (Wildman–Crippen MR) is 95.0 cm³/mol. The third-order valence-corrected chi connectivity index (χ3v) is 4.46. The molecule has 22 heavy (non-hydrogen) atoms. The summed E-state index contributed by atoms with van der Waals surface area (Å²) in [5.41, 5.74) is 5.68. The standard InChI is InChI=1S/C21H28O/c1-16-8-11-19(12-9-16)22-15-17(2)10-13-20-18(3)7-6-14-21(20,4)5/h8-13,15H,6-7,14H2,1-5H3/b13-10+,17-15+. The Morgan fingerprint density at radius 3 is 2.45 bits per heavy atom. The van der Waals surface area contributed by atoms with Crippen molar-refractivity contribution in [3.63, 3.8) is 0 Å².